The largest absolute Gasteiger partial charge is 0.460 e. The van der Waals surface area contributed by atoms with Crippen molar-refractivity contribution in [1.82, 2.24) is 20.3 Å². The van der Waals surface area contributed by atoms with Gasteiger partial charge in [0.15, 0.2) is 0 Å². The van der Waals surface area contributed by atoms with Crippen LogP contribution < -0.4 is 15.6 Å². The highest BCUT2D eigenvalue weighted by Crippen LogP contribution is 2.22. The molecule has 2 aromatic rings. The zero-order valence-corrected chi connectivity index (χ0v) is 14.7. The Morgan fingerprint density at radius 1 is 1.20 bits per heavy atom. The van der Waals surface area contributed by atoms with Gasteiger partial charge in [-0.1, -0.05) is 23.2 Å². The van der Waals surface area contributed by atoms with Crippen molar-refractivity contribution in [2.45, 2.75) is 37.8 Å². The number of ether oxygens (including phenoxy) is 1. The summed E-state index contributed by atoms with van der Waals surface area (Å²) >= 11 is 11.5. The van der Waals surface area contributed by atoms with Crippen molar-refractivity contribution in [3.05, 3.63) is 50.6 Å². The molecule has 9 heteroatoms. The van der Waals surface area contributed by atoms with Crippen LogP contribution in [0.4, 0.5) is 0 Å². The minimum Gasteiger partial charge on any atom is -0.460 e. The average Bonchev–Trinajstić information content (AvgIpc) is 2.61. The van der Waals surface area contributed by atoms with Crippen molar-refractivity contribution in [1.29, 1.82) is 0 Å². The molecular weight excluding hydrogens is 367 g/mol. The van der Waals surface area contributed by atoms with Gasteiger partial charge in [-0.2, -0.15) is 0 Å². The number of nitrogens with one attached hydrogen (secondary N) is 2. The molecule has 0 spiro atoms. The summed E-state index contributed by atoms with van der Waals surface area (Å²) in [6.07, 6.45) is 7.47. The van der Waals surface area contributed by atoms with E-state index >= 15 is 0 Å². The van der Waals surface area contributed by atoms with E-state index in [1.54, 1.807) is 0 Å². The first kappa shape index (κ1) is 17.7. The summed E-state index contributed by atoms with van der Waals surface area (Å²) in [4.78, 5) is 33.9. The number of H-pyrrole nitrogens is 1. The first-order valence-electron chi connectivity index (χ1n) is 7.84. The maximum absolute atomic E-state index is 12.2. The summed E-state index contributed by atoms with van der Waals surface area (Å²) in [5, 5.41) is 3.40. The van der Waals surface area contributed by atoms with Crippen LogP contribution >= 0.6 is 23.2 Å². The van der Waals surface area contributed by atoms with Crippen LogP contribution in [0.5, 0.6) is 6.01 Å². The third-order valence-corrected chi connectivity index (χ3v) is 4.47. The molecule has 1 amide bonds. The summed E-state index contributed by atoms with van der Waals surface area (Å²) in [5.41, 5.74) is -0.0853. The summed E-state index contributed by atoms with van der Waals surface area (Å²) < 4.78 is 5.73. The Bertz CT molecular complexity index is 802. The Morgan fingerprint density at radius 2 is 1.88 bits per heavy atom. The zero-order chi connectivity index (χ0) is 17.8. The summed E-state index contributed by atoms with van der Waals surface area (Å²) in [6.45, 7) is 0. The highest BCUT2D eigenvalue weighted by Gasteiger charge is 2.24. The number of hydrogen-bond acceptors (Lipinski definition) is 5. The van der Waals surface area contributed by atoms with Crippen LogP contribution in [0.2, 0.25) is 10.0 Å². The van der Waals surface area contributed by atoms with E-state index in [-0.39, 0.29) is 23.1 Å². The lowest BCUT2D eigenvalue weighted by Gasteiger charge is -2.28. The van der Waals surface area contributed by atoms with Gasteiger partial charge in [0.2, 0.25) is 0 Å². The van der Waals surface area contributed by atoms with Crippen molar-refractivity contribution in [2.75, 3.05) is 0 Å². The van der Waals surface area contributed by atoms with Crippen LogP contribution in [-0.2, 0) is 0 Å². The van der Waals surface area contributed by atoms with E-state index in [0.717, 1.165) is 25.7 Å². The van der Waals surface area contributed by atoms with Crippen LogP contribution in [0.15, 0.2) is 29.5 Å². The number of aromatic amines is 1. The van der Waals surface area contributed by atoms with Gasteiger partial charge in [0.05, 0.1) is 23.0 Å². The Balaban J connectivity index is 1.50. The molecular formula is C16H16Cl2N4O3. The first-order chi connectivity index (χ1) is 12.0. The third-order valence-electron chi connectivity index (χ3n) is 4.00. The Kier molecular flexibility index (Phi) is 5.55. The molecule has 25 heavy (non-hydrogen) atoms. The van der Waals surface area contributed by atoms with Crippen LogP contribution in [0.1, 0.15) is 36.0 Å². The van der Waals surface area contributed by atoms with Crippen molar-refractivity contribution < 1.29 is 9.53 Å². The number of pyridine rings is 1. The molecule has 1 aliphatic rings. The van der Waals surface area contributed by atoms with Gasteiger partial charge in [-0.05, 0) is 31.7 Å². The molecule has 0 atom stereocenters. The van der Waals surface area contributed by atoms with Gasteiger partial charge in [-0.3, -0.25) is 9.59 Å². The van der Waals surface area contributed by atoms with E-state index in [0.29, 0.717) is 16.6 Å². The van der Waals surface area contributed by atoms with E-state index in [1.807, 2.05) is 0 Å². The Morgan fingerprint density at radius 3 is 2.52 bits per heavy atom. The van der Waals surface area contributed by atoms with Crippen molar-refractivity contribution in [3.63, 3.8) is 0 Å². The fourth-order valence-corrected chi connectivity index (χ4v) is 2.96. The minimum atomic E-state index is -0.416. The standard InChI is InChI=1S/C16H16Cl2N4O3/c17-10-7-20-16(21-8-10)25-12-3-1-11(2-4-12)22-14(23)9-5-13(18)15(24)19-6-9/h5-8,11-12H,1-4H2,(H,19,24)(H,22,23). The van der Waals surface area contributed by atoms with Crippen LogP contribution in [0.25, 0.3) is 0 Å². The van der Waals surface area contributed by atoms with Gasteiger partial charge in [0.1, 0.15) is 11.1 Å². The third kappa shape index (κ3) is 4.70. The molecule has 1 saturated carbocycles. The molecule has 1 aliphatic carbocycles. The van der Waals surface area contributed by atoms with Crippen LogP contribution in [-0.4, -0.2) is 33.0 Å². The molecule has 0 aromatic carbocycles. The van der Waals surface area contributed by atoms with Gasteiger partial charge in [-0.15, -0.1) is 0 Å². The predicted molar refractivity (Wildman–Crippen MR) is 93.3 cm³/mol. The van der Waals surface area contributed by atoms with Gasteiger partial charge in [-0.25, -0.2) is 9.97 Å². The summed E-state index contributed by atoms with van der Waals surface area (Å²) in [6, 6.07) is 1.71. The van der Waals surface area contributed by atoms with Crippen molar-refractivity contribution in [3.8, 4) is 6.01 Å². The monoisotopic (exact) mass is 382 g/mol. The van der Waals surface area contributed by atoms with E-state index in [2.05, 4.69) is 20.3 Å². The second-order valence-electron chi connectivity index (χ2n) is 5.81. The fraction of sp³-hybridized carbons (Fsp3) is 0.375. The Labute approximate surface area is 153 Å². The highest BCUT2D eigenvalue weighted by molar-refractivity contribution is 6.30. The van der Waals surface area contributed by atoms with Crippen LogP contribution in [0.3, 0.4) is 0 Å². The normalized spacial score (nSPS) is 20.1. The van der Waals surface area contributed by atoms with E-state index < -0.39 is 5.56 Å². The predicted octanol–water partition coefficient (Wildman–Crippen LogP) is 2.59. The maximum atomic E-state index is 12.2. The first-order valence-corrected chi connectivity index (χ1v) is 8.60. The molecule has 0 aliphatic heterocycles. The zero-order valence-electron chi connectivity index (χ0n) is 13.2. The molecule has 0 unspecified atom stereocenters. The number of halogens is 2. The molecule has 0 bridgehead atoms. The second-order valence-corrected chi connectivity index (χ2v) is 6.66. The lowest BCUT2D eigenvalue weighted by molar-refractivity contribution is 0.0885. The van der Waals surface area contributed by atoms with Crippen molar-refractivity contribution in [2.24, 2.45) is 0 Å². The number of amides is 1. The van der Waals surface area contributed by atoms with E-state index in [4.69, 9.17) is 27.9 Å². The van der Waals surface area contributed by atoms with Gasteiger partial charge in [0, 0.05) is 12.2 Å². The fourth-order valence-electron chi connectivity index (χ4n) is 2.69. The van der Waals surface area contributed by atoms with Crippen LogP contribution in [0, 0.1) is 0 Å². The highest BCUT2D eigenvalue weighted by atomic mass is 35.5. The van der Waals surface area contributed by atoms with Gasteiger partial charge in [0.25, 0.3) is 11.5 Å². The molecule has 2 aromatic heterocycles. The lowest BCUT2D eigenvalue weighted by Crippen LogP contribution is -2.40. The van der Waals surface area contributed by atoms with Crippen molar-refractivity contribution >= 4 is 29.1 Å². The lowest BCUT2D eigenvalue weighted by atomic mass is 9.93. The number of carbonyl (C=O) groups is 1. The number of carbonyl (C=O) groups excluding carboxylic acids is 1. The molecule has 3 rings (SSSR count). The number of rotatable bonds is 4. The minimum absolute atomic E-state index is 0.00674. The summed E-state index contributed by atoms with van der Waals surface area (Å²) in [5.74, 6) is -0.261. The quantitative estimate of drug-likeness (QED) is 0.846. The van der Waals surface area contributed by atoms with Gasteiger partial charge < -0.3 is 15.0 Å². The van der Waals surface area contributed by atoms with E-state index in [9.17, 15) is 9.59 Å². The van der Waals surface area contributed by atoms with E-state index in [1.165, 1.54) is 24.7 Å². The smallest absolute Gasteiger partial charge is 0.316 e. The molecule has 0 radical (unpaired) electrons. The number of hydrogen-bond donors (Lipinski definition) is 2. The summed E-state index contributed by atoms with van der Waals surface area (Å²) in [7, 11) is 0. The number of nitrogens with zero attached hydrogens (tertiary/aromatic N) is 2. The molecule has 0 saturated heterocycles. The molecule has 132 valence electrons. The molecule has 2 heterocycles. The number of aromatic nitrogens is 3. The Hall–Kier alpha value is -2.12. The SMILES string of the molecule is O=C(NC1CCC(Oc2ncc(Cl)cn2)CC1)c1c[nH]c(=O)c(Cl)c1. The average molecular weight is 383 g/mol. The maximum Gasteiger partial charge on any atom is 0.316 e. The molecule has 1 fully saturated rings. The van der Waals surface area contributed by atoms with Gasteiger partial charge >= 0.3 is 6.01 Å². The molecule has 7 nitrogen and oxygen atoms in total. The second kappa shape index (κ2) is 7.84. The molecule has 2 N–H and O–H groups in total. The topological polar surface area (TPSA) is 97.0 Å².